The first kappa shape index (κ1) is 12.7. The zero-order valence-electron chi connectivity index (χ0n) is 10.4. The summed E-state index contributed by atoms with van der Waals surface area (Å²) in [5.41, 5.74) is 1.85. The fraction of sp³-hybridized carbons (Fsp3) is 0.214. The van der Waals surface area contributed by atoms with Gasteiger partial charge in [-0.25, -0.2) is 4.39 Å². The van der Waals surface area contributed by atoms with E-state index in [1.165, 1.54) is 15.8 Å². The van der Waals surface area contributed by atoms with Gasteiger partial charge >= 0.3 is 0 Å². The highest BCUT2D eigenvalue weighted by Gasteiger charge is 2.14. The lowest BCUT2D eigenvalue weighted by Crippen LogP contribution is -2.17. The summed E-state index contributed by atoms with van der Waals surface area (Å²) in [6.45, 7) is 0. The van der Waals surface area contributed by atoms with E-state index in [1.54, 1.807) is 28.7 Å². The molecule has 98 valence electrons. The van der Waals surface area contributed by atoms with Gasteiger partial charge in [0.25, 0.3) is 0 Å². The molecule has 19 heavy (non-hydrogen) atoms. The van der Waals surface area contributed by atoms with E-state index < -0.39 is 0 Å². The Morgan fingerprint density at radius 2 is 2.26 bits per heavy atom. The molecular weight excluding hydrogens is 279 g/mol. The molecule has 3 rings (SSSR count). The molecule has 2 aromatic heterocycles. The highest BCUT2D eigenvalue weighted by Crippen LogP contribution is 2.32. The summed E-state index contributed by atoms with van der Waals surface area (Å²) in [7, 11) is 1.96. The van der Waals surface area contributed by atoms with Gasteiger partial charge in [0.2, 0.25) is 0 Å². The first-order valence-corrected chi connectivity index (χ1v) is 7.69. The number of rotatable bonds is 4. The highest BCUT2D eigenvalue weighted by molar-refractivity contribution is 7.19. The van der Waals surface area contributed by atoms with Crippen LogP contribution < -0.4 is 5.32 Å². The third kappa shape index (κ3) is 2.68. The van der Waals surface area contributed by atoms with Crippen LogP contribution in [0.4, 0.5) is 4.39 Å². The van der Waals surface area contributed by atoms with E-state index in [4.69, 9.17) is 0 Å². The molecule has 0 fully saturated rings. The number of fused-ring (bicyclic) bond motifs is 1. The summed E-state index contributed by atoms with van der Waals surface area (Å²) in [5.74, 6) is -0.177. The van der Waals surface area contributed by atoms with Gasteiger partial charge in [-0.2, -0.15) is 0 Å². The maximum Gasteiger partial charge on any atom is 0.124 e. The molecule has 1 aromatic carbocycles. The molecule has 3 aromatic rings. The maximum absolute atomic E-state index is 13.2. The van der Waals surface area contributed by atoms with Crippen molar-refractivity contribution in [3.8, 4) is 0 Å². The largest absolute Gasteiger partial charge is 0.312 e. The van der Waals surface area contributed by atoms with Crippen LogP contribution in [0.2, 0.25) is 0 Å². The van der Waals surface area contributed by atoms with Crippen LogP contribution in [0.1, 0.15) is 15.8 Å². The first-order valence-electron chi connectivity index (χ1n) is 6.00. The lowest BCUT2D eigenvalue weighted by Gasteiger charge is -2.12. The molecule has 1 N–H and O–H groups in total. The van der Waals surface area contributed by atoms with Crippen LogP contribution in [-0.4, -0.2) is 12.0 Å². The molecule has 2 heterocycles. The first-order chi connectivity index (χ1) is 9.26. The number of hydrogen-bond donors (Lipinski definition) is 1. The van der Waals surface area contributed by atoms with E-state index in [2.05, 4.69) is 16.4 Å². The zero-order chi connectivity index (χ0) is 13.2. The molecule has 0 spiro atoms. The second-order valence-corrected chi connectivity index (χ2v) is 6.43. The molecule has 1 unspecified atom stereocenters. The van der Waals surface area contributed by atoms with Crippen molar-refractivity contribution >= 4 is 32.8 Å². The van der Waals surface area contributed by atoms with Gasteiger partial charge in [0.1, 0.15) is 5.82 Å². The number of aromatic nitrogens is 1. The summed E-state index contributed by atoms with van der Waals surface area (Å²) in [4.78, 5) is 6.59. The second kappa shape index (κ2) is 5.36. The van der Waals surface area contributed by atoms with Crippen LogP contribution in [0.15, 0.2) is 36.0 Å². The SMILES string of the molecule is CNC(Cc1cncs1)c1cc2ccc(F)cc2s1. The molecule has 0 amide bonds. The number of hydrogen-bond acceptors (Lipinski definition) is 4. The maximum atomic E-state index is 13.2. The van der Waals surface area contributed by atoms with Crippen LogP contribution in [-0.2, 0) is 6.42 Å². The van der Waals surface area contributed by atoms with Gasteiger partial charge in [0, 0.05) is 33.1 Å². The van der Waals surface area contributed by atoms with Crippen molar-refractivity contribution in [1.82, 2.24) is 10.3 Å². The van der Waals surface area contributed by atoms with Crippen LogP contribution >= 0.6 is 22.7 Å². The number of thiazole rings is 1. The molecule has 0 bridgehead atoms. The van der Waals surface area contributed by atoms with Gasteiger partial charge in [0.05, 0.1) is 5.51 Å². The van der Waals surface area contributed by atoms with Crippen LogP contribution in [0.3, 0.4) is 0 Å². The molecule has 0 aliphatic carbocycles. The Kier molecular flexibility index (Phi) is 3.59. The summed E-state index contributed by atoms with van der Waals surface area (Å²) in [5, 5.41) is 4.43. The predicted octanol–water partition coefficient (Wildman–Crippen LogP) is 4.00. The van der Waals surface area contributed by atoms with E-state index in [-0.39, 0.29) is 11.9 Å². The Hall–Kier alpha value is -1.30. The molecule has 2 nitrogen and oxygen atoms in total. The Morgan fingerprint density at radius 3 is 3.00 bits per heavy atom. The molecule has 0 radical (unpaired) electrons. The number of likely N-dealkylation sites (N-methyl/N-ethyl adjacent to an activating group) is 1. The highest BCUT2D eigenvalue weighted by atomic mass is 32.1. The van der Waals surface area contributed by atoms with E-state index in [0.29, 0.717) is 0 Å². The Labute approximate surface area is 118 Å². The van der Waals surface area contributed by atoms with Crippen molar-refractivity contribution in [1.29, 1.82) is 0 Å². The van der Waals surface area contributed by atoms with E-state index in [9.17, 15) is 4.39 Å². The summed E-state index contributed by atoms with van der Waals surface area (Å²) in [6, 6.07) is 7.34. The van der Waals surface area contributed by atoms with Gasteiger partial charge < -0.3 is 5.32 Å². The summed E-state index contributed by atoms with van der Waals surface area (Å²) in [6.07, 6.45) is 2.82. The average Bonchev–Trinajstić information content (AvgIpc) is 3.03. The van der Waals surface area contributed by atoms with Crippen molar-refractivity contribution < 1.29 is 4.39 Å². The molecule has 0 aliphatic heterocycles. The molecule has 0 aliphatic rings. The van der Waals surface area contributed by atoms with Gasteiger partial charge in [-0.3, -0.25) is 4.98 Å². The minimum Gasteiger partial charge on any atom is -0.312 e. The Bertz CT molecular complexity index is 676. The topological polar surface area (TPSA) is 24.9 Å². The standard InChI is InChI=1S/C14H13FN2S2/c1-16-12(6-11-7-17-8-18-11)14-4-9-2-3-10(15)5-13(9)19-14/h2-5,7-8,12,16H,6H2,1H3. The van der Waals surface area contributed by atoms with E-state index in [1.807, 2.05) is 24.8 Å². The Balaban J connectivity index is 1.92. The number of benzene rings is 1. The lowest BCUT2D eigenvalue weighted by molar-refractivity contribution is 0.606. The molecule has 5 heteroatoms. The minimum absolute atomic E-state index is 0.177. The molecule has 1 atom stereocenters. The van der Waals surface area contributed by atoms with Crippen LogP contribution in [0, 0.1) is 5.82 Å². The zero-order valence-corrected chi connectivity index (χ0v) is 12.0. The Morgan fingerprint density at radius 1 is 1.37 bits per heavy atom. The molecular formula is C14H13FN2S2. The predicted molar refractivity (Wildman–Crippen MR) is 79.4 cm³/mol. The smallest absolute Gasteiger partial charge is 0.124 e. The van der Waals surface area contributed by atoms with E-state index >= 15 is 0 Å². The summed E-state index contributed by atoms with van der Waals surface area (Å²) < 4.78 is 14.2. The third-order valence-corrected chi connectivity index (χ3v) is 5.10. The van der Waals surface area contributed by atoms with Crippen LogP contribution in [0.25, 0.3) is 10.1 Å². The monoisotopic (exact) mass is 292 g/mol. The fourth-order valence-electron chi connectivity index (χ4n) is 2.09. The molecule has 0 saturated heterocycles. The number of thiophene rings is 1. The van der Waals surface area contributed by atoms with Crippen LogP contribution in [0.5, 0.6) is 0 Å². The number of nitrogens with zero attached hydrogens (tertiary/aromatic N) is 1. The van der Waals surface area contributed by atoms with Crippen molar-refractivity contribution in [3.05, 3.63) is 51.5 Å². The van der Waals surface area contributed by atoms with E-state index in [0.717, 1.165) is 16.5 Å². The van der Waals surface area contributed by atoms with Gasteiger partial charge in [-0.1, -0.05) is 6.07 Å². The third-order valence-electron chi connectivity index (χ3n) is 3.08. The fourth-order valence-corrected chi connectivity index (χ4v) is 3.93. The van der Waals surface area contributed by atoms with Gasteiger partial charge in [-0.05, 0) is 30.6 Å². The number of halogens is 1. The lowest BCUT2D eigenvalue weighted by atomic mass is 10.1. The normalized spacial score (nSPS) is 12.9. The summed E-state index contributed by atoms with van der Waals surface area (Å²) >= 11 is 3.31. The number of nitrogens with one attached hydrogen (secondary N) is 1. The second-order valence-electron chi connectivity index (χ2n) is 4.34. The average molecular weight is 292 g/mol. The van der Waals surface area contributed by atoms with Gasteiger partial charge in [0.15, 0.2) is 0 Å². The van der Waals surface area contributed by atoms with Crippen molar-refractivity contribution in [3.63, 3.8) is 0 Å². The quantitative estimate of drug-likeness (QED) is 0.786. The van der Waals surface area contributed by atoms with Gasteiger partial charge in [-0.15, -0.1) is 22.7 Å². The minimum atomic E-state index is -0.177. The van der Waals surface area contributed by atoms with Crippen molar-refractivity contribution in [2.75, 3.05) is 7.05 Å². The van der Waals surface area contributed by atoms with Crippen molar-refractivity contribution in [2.24, 2.45) is 0 Å². The van der Waals surface area contributed by atoms with Crippen molar-refractivity contribution in [2.45, 2.75) is 12.5 Å². The molecule has 0 saturated carbocycles.